The van der Waals surface area contributed by atoms with Gasteiger partial charge in [-0.3, -0.25) is 9.59 Å². The highest BCUT2D eigenvalue weighted by molar-refractivity contribution is 8.78. The van der Waals surface area contributed by atoms with Gasteiger partial charge in [0.25, 0.3) is 5.56 Å². The molecular weight excluding hydrogens is 358 g/mol. The largest absolute Gasteiger partial charge is 0.396 e. The third-order valence-electron chi connectivity index (χ3n) is 3.63. The third-order valence-corrected chi connectivity index (χ3v) is 6.36. The zero-order valence-corrected chi connectivity index (χ0v) is 16.7. The van der Waals surface area contributed by atoms with Gasteiger partial charge >= 0.3 is 0 Å². The predicted molar refractivity (Wildman–Crippen MR) is 105 cm³/mol. The highest BCUT2D eigenvalue weighted by Crippen LogP contribution is 2.35. The van der Waals surface area contributed by atoms with Crippen molar-refractivity contribution in [2.45, 2.75) is 53.0 Å². The minimum atomic E-state index is -0.238. The summed E-state index contributed by atoms with van der Waals surface area (Å²) in [5.41, 5.74) is 0.954. The first-order chi connectivity index (χ1) is 12.0. The quantitative estimate of drug-likeness (QED) is 0.326. The van der Waals surface area contributed by atoms with E-state index in [1.807, 2.05) is 6.92 Å². The fraction of sp³-hybridized carbons (Fsp3) is 0.588. The van der Waals surface area contributed by atoms with Gasteiger partial charge in [0.05, 0.1) is 12.1 Å². The number of aliphatic hydroxyl groups is 1. The topological polar surface area (TPSA) is 86.3 Å². The van der Waals surface area contributed by atoms with E-state index in [1.54, 1.807) is 28.5 Å². The van der Waals surface area contributed by atoms with Crippen LogP contribution in [0.15, 0.2) is 21.6 Å². The Hall–Kier alpha value is -1.25. The van der Waals surface area contributed by atoms with E-state index in [1.165, 1.54) is 23.9 Å². The number of amides is 1. The molecule has 0 spiro atoms. The summed E-state index contributed by atoms with van der Waals surface area (Å²) in [5.74, 6) is 1.57. The molecule has 2 N–H and O–H groups in total. The van der Waals surface area contributed by atoms with Crippen LogP contribution in [0.3, 0.4) is 0 Å². The van der Waals surface area contributed by atoms with Crippen LogP contribution in [0.2, 0.25) is 0 Å². The van der Waals surface area contributed by atoms with Crippen molar-refractivity contribution in [1.29, 1.82) is 0 Å². The highest BCUT2D eigenvalue weighted by Gasteiger charge is 2.14. The van der Waals surface area contributed by atoms with Gasteiger partial charge in [0, 0.05) is 35.6 Å². The van der Waals surface area contributed by atoms with E-state index >= 15 is 0 Å². The number of aliphatic hydroxyl groups excluding tert-OH is 1. The van der Waals surface area contributed by atoms with Gasteiger partial charge in [0.1, 0.15) is 5.82 Å². The van der Waals surface area contributed by atoms with Crippen LogP contribution in [-0.4, -0.2) is 38.7 Å². The molecule has 0 aromatic carbocycles. The molecule has 6 nitrogen and oxygen atoms in total. The molecule has 140 valence electrons. The Morgan fingerprint density at radius 2 is 2.20 bits per heavy atom. The maximum atomic E-state index is 12.0. The number of hydrogen-bond donors (Lipinski definition) is 2. The summed E-state index contributed by atoms with van der Waals surface area (Å²) in [5, 5.41) is 9.32. The second-order valence-electron chi connectivity index (χ2n) is 5.65. The fourth-order valence-electron chi connectivity index (χ4n) is 2.11. The summed E-state index contributed by atoms with van der Waals surface area (Å²) < 4.78 is 0. The number of H-pyrrole nitrogens is 1. The predicted octanol–water partition coefficient (Wildman–Crippen LogP) is 3.22. The molecule has 0 unspecified atom stereocenters. The van der Waals surface area contributed by atoms with Crippen molar-refractivity contribution in [3.8, 4) is 0 Å². The molecule has 0 fully saturated rings. The number of nitrogens with zero attached hydrogens (tertiary/aromatic N) is 2. The van der Waals surface area contributed by atoms with Crippen LogP contribution in [0.4, 0.5) is 0 Å². The van der Waals surface area contributed by atoms with Crippen LogP contribution in [-0.2, 0) is 11.3 Å². The van der Waals surface area contributed by atoms with E-state index in [9.17, 15) is 14.7 Å². The lowest BCUT2D eigenvalue weighted by Gasteiger charge is -2.21. The van der Waals surface area contributed by atoms with Crippen LogP contribution in [0.1, 0.15) is 50.9 Å². The summed E-state index contributed by atoms with van der Waals surface area (Å²) in [6.07, 6.45) is 6.24. The average Bonchev–Trinajstić information content (AvgIpc) is 2.59. The van der Waals surface area contributed by atoms with Crippen LogP contribution in [0, 0.1) is 6.92 Å². The van der Waals surface area contributed by atoms with Gasteiger partial charge in [-0.05, 0) is 20.3 Å². The first-order valence-electron chi connectivity index (χ1n) is 8.40. The zero-order chi connectivity index (χ0) is 18.7. The molecule has 0 aliphatic heterocycles. The number of carbonyl (C=O) groups is 1. The van der Waals surface area contributed by atoms with Crippen LogP contribution < -0.4 is 5.56 Å². The smallest absolute Gasteiger partial charge is 0.255 e. The van der Waals surface area contributed by atoms with E-state index in [0.29, 0.717) is 24.2 Å². The molecule has 1 rings (SSSR count). The third kappa shape index (κ3) is 7.66. The van der Waals surface area contributed by atoms with E-state index in [-0.39, 0.29) is 18.7 Å². The standard InChI is InChI=1S/C17H27N3O3S2/c1-4-5-6-9-24-25-16(7-8-21)13(2)20(12-22)11-15-10-18-14(3)19-17(15)23/h10,12,21H,4-9,11H2,1-3H3,(H,18,19,23). The van der Waals surface area contributed by atoms with Gasteiger partial charge in [0.2, 0.25) is 6.41 Å². The number of aryl methyl sites for hydroxylation is 1. The Morgan fingerprint density at radius 3 is 2.80 bits per heavy atom. The average molecular weight is 386 g/mol. The Morgan fingerprint density at radius 1 is 1.44 bits per heavy atom. The van der Waals surface area contributed by atoms with Gasteiger partial charge < -0.3 is 15.0 Å². The monoisotopic (exact) mass is 385 g/mol. The van der Waals surface area contributed by atoms with Gasteiger partial charge in [-0.25, -0.2) is 4.98 Å². The van der Waals surface area contributed by atoms with Gasteiger partial charge in [-0.15, -0.1) is 0 Å². The lowest BCUT2D eigenvalue weighted by atomic mass is 10.2. The number of rotatable bonds is 12. The Labute approximate surface area is 156 Å². The number of carbonyl (C=O) groups excluding carboxylic acids is 1. The SMILES string of the molecule is CCCCCSSC(CCO)=C(C)N(C=O)Cc1cnc(C)[nH]c1=O. The number of aromatic amines is 1. The number of hydrogen-bond acceptors (Lipinski definition) is 6. The van der Waals surface area contributed by atoms with Crippen molar-refractivity contribution >= 4 is 28.0 Å². The van der Waals surface area contributed by atoms with E-state index < -0.39 is 0 Å². The molecule has 0 aliphatic rings. The van der Waals surface area contributed by atoms with Crippen LogP contribution >= 0.6 is 21.6 Å². The zero-order valence-electron chi connectivity index (χ0n) is 15.1. The molecule has 8 heteroatoms. The summed E-state index contributed by atoms with van der Waals surface area (Å²) >= 11 is 0. The normalized spacial score (nSPS) is 12.0. The molecule has 0 saturated carbocycles. The molecule has 1 aromatic heterocycles. The maximum absolute atomic E-state index is 12.0. The number of aromatic nitrogens is 2. The summed E-state index contributed by atoms with van der Waals surface area (Å²) in [4.78, 5) is 32.7. The van der Waals surface area contributed by atoms with E-state index in [4.69, 9.17) is 0 Å². The van der Waals surface area contributed by atoms with Crippen LogP contribution in [0.5, 0.6) is 0 Å². The fourth-order valence-corrected chi connectivity index (χ4v) is 4.71. The first-order valence-corrected chi connectivity index (χ1v) is 10.7. The van der Waals surface area contributed by atoms with E-state index in [2.05, 4.69) is 16.9 Å². The Bertz CT molecular complexity index is 632. The molecule has 0 bridgehead atoms. The minimum Gasteiger partial charge on any atom is -0.396 e. The molecule has 0 atom stereocenters. The number of unbranched alkanes of at least 4 members (excludes halogenated alkanes) is 2. The first kappa shape index (κ1) is 21.8. The van der Waals surface area contributed by atoms with Gasteiger partial charge in [0.15, 0.2) is 0 Å². The molecule has 1 heterocycles. The molecule has 25 heavy (non-hydrogen) atoms. The number of allylic oxidation sites excluding steroid dienone is 1. The Balaban J connectivity index is 2.84. The van der Waals surface area contributed by atoms with Crippen molar-refractivity contribution in [3.63, 3.8) is 0 Å². The van der Waals surface area contributed by atoms with Crippen molar-refractivity contribution in [1.82, 2.24) is 14.9 Å². The summed E-state index contributed by atoms with van der Waals surface area (Å²) in [6.45, 7) is 5.90. The minimum absolute atomic E-state index is 0.0224. The maximum Gasteiger partial charge on any atom is 0.255 e. The number of nitrogens with one attached hydrogen (secondary N) is 1. The second kappa shape index (κ2) is 12.2. The van der Waals surface area contributed by atoms with Crippen LogP contribution in [0.25, 0.3) is 0 Å². The van der Waals surface area contributed by atoms with Crippen molar-refractivity contribution in [3.05, 3.63) is 38.5 Å². The lowest BCUT2D eigenvalue weighted by Crippen LogP contribution is -2.26. The molecule has 1 aromatic rings. The molecule has 0 aliphatic carbocycles. The van der Waals surface area contributed by atoms with E-state index in [0.717, 1.165) is 22.8 Å². The second-order valence-corrected chi connectivity index (χ2v) is 8.16. The van der Waals surface area contributed by atoms with Crippen molar-refractivity contribution in [2.24, 2.45) is 0 Å². The van der Waals surface area contributed by atoms with Gasteiger partial charge in [-0.2, -0.15) is 0 Å². The Kier molecular flexibility index (Phi) is 10.6. The van der Waals surface area contributed by atoms with Crippen molar-refractivity contribution in [2.75, 3.05) is 12.4 Å². The summed E-state index contributed by atoms with van der Waals surface area (Å²) in [6, 6.07) is 0. The molecule has 1 amide bonds. The molecule has 0 saturated heterocycles. The molecule has 0 radical (unpaired) electrons. The highest BCUT2D eigenvalue weighted by atomic mass is 33.1. The summed E-state index contributed by atoms with van der Waals surface area (Å²) in [7, 11) is 3.33. The van der Waals surface area contributed by atoms with Crippen molar-refractivity contribution < 1.29 is 9.90 Å². The van der Waals surface area contributed by atoms with Gasteiger partial charge in [-0.1, -0.05) is 41.4 Å². The molecular formula is C17H27N3O3S2. The lowest BCUT2D eigenvalue weighted by molar-refractivity contribution is -0.116.